The minimum atomic E-state index is -3.71. The number of para-hydroxylation sites is 1. The predicted molar refractivity (Wildman–Crippen MR) is 109 cm³/mol. The van der Waals surface area contributed by atoms with Crippen molar-refractivity contribution in [3.63, 3.8) is 0 Å². The average Bonchev–Trinajstić information content (AvgIpc) is 2.73. The van der Waals surface area contributed by atoms with Gasteiger partial charge in [0.05, 0.1) is 18.6 Å². The number of nitrogens with zero attached hydrogens (tertiary/aromatic N) is 1. The highest BCUT2D eigenvalue weighted by Gasteiger charge is 2.42. The maximum Gasteiger partial charge on any atom is 0.243 e. The first kappa shape index (κ1) is 21.1. The monoisotopic (exact) mass is 418 g/mol. The number of carbonyl (C=O) groups is 1. The molecule has 1 unspecified atom stereocenters. The van der Waals surface area contributed by atoms with Crippen LogP contribution in [-0.2, 0) is 14.8 Å². The van der Waals surface area contributed by atoms with E-state index >= 15 is 0 Å². The third-order valence-corrected chi connectivity index (χ3v) is 7.02. The van der Waals surface area contributed by atoms with Gasteiger partial charge >= 0.3 is 0 Å². The van der Waals surface area contributed by atoms with Crippen molar-refractivity contribution >= 4 is 15.9 Å². The van der Waals surface area contributed by atoms with Crippen LogP contribution in [0.2, 0.25) is 0 Å². The number of piperidine rings is 1. The van der Waals surface area contributed by atoms with Crippen molar-refractivity contribution in [3.8, 4) is 11.5 Å². The standard InChI is InChI=1S/C21H26N2O5S/c1-27-17-8-10-19(11-9-17)29(25,26)23-13-5-12-21(15-23,14-20(22)24)16-28-18-6-3-2-4-7-18/h2-4,6-11H,5,12-16H2,1H3,(H2,22,24). The Labute approximate surface area is 171 Å². The van der Waals surface area contributed by atoms with Crippen LogP contribution in [0.1, 0.15) is 19.3 Å². The molecule has 0 saturated carbocycles. The van der Waals surface area contributed by atoms with Gasteiger partial charge in [-0.15, -0.1) is 0 Å². The first-order valence-corrected chi connectivity index (χ1v) is 10.9. The lowest BCUT2D eigenvalue weighted by Gasteiger charge is -2.41. The van der Waals surface area contributed by atoms with Gasteiger partial charge < -0.3 is 15.2 Å². The third kappa shape index (κ3) is 5.07. The number of ether oxygens (including phenoxy) is 2. The number of methoxy groups -OCH3 is 1. The van der Waals surface area contributed by atoms with Crippen molar-refractivity contribution in [2.45, 2.75) is 24.2 Å². The summed E-state index contributed by atoms with van der Waals surface area (Å²) in [6, 6.07) is 15.5. The van der Waals surface area contributed by atoms with Crippen LogP contribution in [0.25, 0.3) is 0 Å². The molecule has 1 aliphatic heterocycles. The predicted octanol–water partition coefficient (Wildman–Crippen LogP) is 2.42. The first-order valence-electron chi connectivity index (χ1n) is 9.45. The number of benzene rings is 2. The number of hydrogen-bond donors (Lipinski definition) is 1. The molecule has 0 aromatic heterocycles. The van der Waals surface area contributed by atoms with Gasteiger partial charge in [0, 0.05) is 24.9 Å². The minimum Gasteiger partial charge on any atom is -0.497 e. The van der Waals surface area contributed by atoms with E-state index in [-0.39, 0.29) is 24.5 Å². The second-order valence-corrected chi connectivity index (χ2v) is 9.30. The van der Waals surface area contributed by atoms with E-state index in [0.29, 0.717) is 30.9 Å². The molecule has 1 atom stereocenters. The quantitative estimate of drug-likeness (QED) is 0.710. The molecule has 2 aromatic rings. The Hall–Kier alpha value is -2.58. The Morgan fingerprint density at radius 2 is 1.79 bits per heavy atom. The summed E-state index contributed by atoms with van der Waals surface area (Å²) in [7, 11) is -2.18. The minimum absolute atomic E-state index is 0.0640. The fourth-order valence-electron chi connectivity index (χ4n) is 3.70. The van der Waals surface area contributed by atoms with Crippen molar-refractivity contribution < 1.29 is 22.7 Å². The lowest BCUT2D eigenvalue weighted by Crippen LogP contribution is -2.50. The number of carbonyl (C=O) groups excluding carboxylic acids is 1. The van der Waals surface area contributed by atoms with Crippen molar-refractivity contribution in [2.75, 3.05) is 26.8 Å². The Kier molecular flexibility index (Phi) is 6.44. The molecule has 29 heavy (non-hydrogen) atoms. The van der Waals surface area contributed by atoms with Gasteiger partial charge in [-0.3, -0.25) is 4.79 Å². The normalized spacial score (nSPS) is 20.2. The van der Waals surface area contributed by atoms with E-state index in [0.717, 1.165) is 0 Å². The SMILES string of the molecule is COc1ccc(S(=O)(=O)N2CCCC(COc3ccccc3)(CC(N)=O)C2)cc1. The smallest absolute Gasteiger partial charge is 0.243 e. The van der Waals surface area contributed by atoms with Crippen LogP contribution >= 0.6 is 0 Å². The zero-order valence-corrected chi connectivity index (χ0v) is 17.2. The molecule has 1 heterocycles. The Morgan fingerprint density at radius 1 is 1.10 bits per heavy atom. The van der Waals surface area contributed by atoms with Gasteiger partial charge in [0.1, 0.15) is 11.5 Å². The van der Waals surface area contributed by atoms with Crippen LogP contribution < -0.4 is 15.2 Å². The van der Waals surface area contributed by atoms with Gasteiger partial charge in [-0.25, -0.2) is 8.42 Å². The highest BCUT2D eigenvalue weighted by atomic mass is 32.2. The molecule has 1 amide bonds. The van der Waals surface area contributed by atoms with Gasteiger partial charge in [0.2, 0.25) is 15.9 Å². The molecule has 0 bridgehead atoms. The third-order valence-electron chi connectivity index (χ3n) is 5.16. The average molecular weight is 419 g/mol. The van der Waals surface area contributed by atoms with E-state index in [1.165, 1.54) is 23.5 Å². The molecule has 1 saturated heterocycles. The van der Waals surface area contributed by atoms with Crippen LogP contribution in [0.15, 0.2) is 59.5 Å². The summed E-state index contributed by atoms with van der Waals surface area (Å²) in [5, 5.41) is 0. The van der Waals surface area contributed by atoms with E-state index in [4.69, 9.17) is 15.2 Å². The van der Waals surface area contributed by atoms with Crippen LogP contribution in [-0.4, -0.2) is 45.4 Å². The summed E-state index contributed by atoms with van der Waals surface area (Å²) in [6.45, 7) is 0.784. The zero-order chi connectivity index (χ0) is 20.9. The van der Waals surface area contributed by atoms with Crippen molar-refractivity contribution in [3.05, 3.63) is 54.6 Å². The number of amides is 1. The highest BCUT2D eigenvalue weighted by Crippen LogP contribution is 2.36. The zero-order valence-electron chi connectivity index (χ0n) is 16.4. The topological polar surface area (TPSA) is 98.9 Å². The molecular weight excluding hydrogens is 392 g/mol. The number of rotatable bonds is 8. The van der Waals surface area contributed by atoms with Crippen LogP contribution in [0, 0.1) is 5.41 Å². The number of sulfonamides is 1. The van der Waals surface area contributed by atoms with E-state index in [9.17, 15) is 13.2 Å². The fourth-order valence-corrected chi connectivity index (χ4v) is 5.29. The molecule has 3 rings (SSSR count). The van der Waals surface area contributed by atoms with Gasteiger partial charge in [-0.2, -0.15) is 4.31 Å². The number of hydrogen-bond acceptors (Lipinski definition) is 5. The van der Waals surface area contributed by atoms with Crippen LogP contribution in [0.3, 0.4) is 0 Å². The second kappa shape index (κ2) is 8.84. The summed E-state index contributed by atoms with van der Waals surface area (Å²) in [4.78, 5) is 12.0. The number of primary amides is 1. The summed E-state index contributed by atoms with van der Waals surface area (Å²) < 4.78 is 38.8. The van der Waals surface area contributed by atoms with E-state index in [1.54, 1.807) is 12.1 Å². The second-order valence-electron chi connectivity index (χ2n) is 7.36. The molecule has 0 aliphatic carbocycles. The summed E-state index contributed by atoms with van der Waals surface area (Å²) in [5.41, 5.74) is 4.83. The van der Waals surface area contributed by atoms with Crippen LogP contribution in [0.5, 0.6) is 11.5 Å². The highest BCUT2D eigenvalue weighted by molar-refractivity contribution is 7.89. The molecule has 2 aromatic carbocycles. The summed E-state index contributed by atoms with van der Waals surface area (Å²) in [5.74, 6) is 0.791. The molecule has 0 radical (unpaired) electrons. The van der Waals surface area contributed by atoms with Crippen molar-refractivity contribution in [2.24, 2.45) is 11.1 Å². The Bertz CT molecular complexity index is 931. The fraction of sp³-hybridized carbons (Fsp3) is 0.381. The van der Waals surface area contributed by atoms with Crippen molar-refractivity contribution in [1.82, 2.24) is 4.31 Å². The van der Waals surface area contributed by atoms with Gasteiger partial charge in [0.15, 0.2) is 0 Å². The van der Waals surface area contributed by atoms with E-state index in [1.807, 2.05) is 30.3 Å². The van der Waals surface area contributed by atoms with E-state index < -0.39 is 21.3 Å². The van der Waals surface area contributed by atoms with Crippen molar-refractivity contribution in [1.29, 1.82) is 0 Å². The molecule has 8 heteroatoms. The lowest BCUT2D eigenvalue weighted by molar-refractivity contribution is -0.121. The van der Waals surface area contributed by atoms with Gasteiger partial charge in [0.25, 0.3) is 0 Å². The summed E-state index contributed by atoms with van der Waals surface area (Å²) >= 11 is 0. The molecule has 156 valence electrons. The number of nitrogens with two attached hydrogens (primary N) is 1. The first-order chi connectivity index (χ1) is 13.8. The van der Waals surface area contributed by atoms with Crippen LogP contribution in [0.4, 0.5) is 0 Å². The van der Waals surface area contributed by atoms with Gasteiger partial charge in [-0.05, 0) is 49.2 Å². The molecular formula is C21H26N2O5S. The Balaban J connectivity index is 1.82. The summed E-state index contributed by atoms with van der Waals surface area (Å²) in [6.07, 6.45) is 1.35. The molecule has 2 N–H and O–H groups in total. The molecule has 1 aliphatic rings. The lowest BCUT2D eigenvalue weighted by atomic mass is 9.78. The molecule has 7 nitrogen and oxygen atoms in total. The Morgan fingerprint density at radius 3 is 2.41 bits per heavy atom. The van der Waals surface area contributed by atoms with Gasteiger partial charge in [-0.1, -0.05) is 18.2 Å². The van der Waals surface area contributed by atoms with E-state index in [2.05, 4.69) is 0 Å². The largest absolute Gasteiger partial charge is 0.497 e. The molecule has 0 spiro atoms. The maximum atomic E-state index is 13.2. The molecule has 1 fully saturated rings. The maximum absolute atomic E-state index is 13.2.